The Morgan fingerprint density at radius 2 is 2.12 bits per heavy atom. The van der Waals surface area contributed by atoms with Crippen LogP contribution < -0.4 is 10.6 Å². The van der Waals surface area contributed by atoms with Gasteiger partial charge in [-0.25, -0.2) is 14.6 Å². The highest BCUT2D eigenvalue weighted by atomic mass is 16.3. The summed E-state index contributed by atoms with van der Waals surface area (Å²) in [6.45, 7) is 4.91. The van der Waals surface area contributed by atoms with Gasteiger partial charge in [0, 0.05) is 24.8 Å². The number of carbonyl (C=O) groups is 1. The molecule has 0 aromatic carbocycles. The van der Waals surface area contributed by atoms with Crippen LogP contribution in [0.15, 0.2) is 41.5 Å². The summed E-state index contributed by atoms with van der Waals surface area (Å²) >= 11 is 0. The number of aryl methyl sites for hydroxylation is 2. The van der Waals surface area contributed by atoms with Gasteiger partial charge in [-0.15, -0.1) is 0 Å². The molecule has 2 N–H and O–H groups in total. The van der Waals surface area contributed by atoms with E-state index in [1.165, 1.54) is 18.9 Å². The average molecular weight is 326 g/mol. The second kappa shape index (κ2) is 6.95. The third-order valence-electron chi connectivity index (χ3n) is 3.38. The van der Waals surface area contributed by atoms with Crippen LogP contribution >= 0.6 is 0 Å². The summed E-state index contributed by atoms with van der Waals surface area (Å²) in [5.74, 6) is 1.20. The zero-order chi connectivity index (χ0) is 16.9. The minimum atomic E-state index is -0.170. The molecule has 0 spiro atoms. The lowest BCUT2D eigenvalue weighted by atomic mass is 10.3. The van der Waals surface area contributed by atoms with Gasteiger partial charge in [0.1, 0.15) is 18.4 Å². The fourth-order valence-electron chi connectivity index (χ4n) is 2.28. The van der Waals surface area contributed by atoms with Crippen LogP contribution in [0.3, 0.4) is 0 Å². The highest BCUT2D eigenvalue weighted by Crippen LogP contribution is 2.12. The molecule has 0 atom stereocenters. The number of furan rings is 1. The smallest absolute Gasteiger partial charge is 0.254 e. The Morgan fingerprint density at radius 1 is 1.25 bits per heavy atom. The number of hydrogen-bond donors (Lipinski definition) is 2. The van der Waals surface area contributed by atoms with Crippen molar-refractivity contribution in [3.63, 3.8) is 0 Å². The lowest BCUT2D eigenvalue weighted by Gasteiger charge is -2.08. The van der Waals surface area contributed by atoms with E-state index in [-0.39, 0.29) is 5.91 Å². The quantitative estimate of drug-likeness (QED) is 0.669. The predicted octanol–water partition coefficient (Wildman–Crippen LogP) is 1.71. The summed E-state index contributed by atoms with van der Waals surface area (Å²) in [5.41, 5.74) is 2.44. The first-order valence-corrected chi connectivity index (χ1v) is 7.53. The molecule has 3 heterocycles. The molecular formula is C16H18N6O2. The van der Waals surface area contributed by atoms with Gasteiger partial charge in [0.05, 0.1) is 17.5 Å². The summed E-state index contributed by atoms with van der Waals surface area (Å²) in [6, 6.07) is 5.42. The van der Waals surface area contributed by atoms with Gasteiger partial charge in [-0.3, -0.25) is 4.79 Å². The summed E-state index contributed by atoms with van der Waals surface area (Å²) in [4.78, 5) is 20.2. The lowest BCUT2D eigenvalue weighted by molar-refractivity contribution is 0.0954. The van der Waals surface area contributed by atoms with E-state index in [0.717, 1.165) is 11.4 Å². The van der Waals surface area contributed by atoms with Crippen molar-refractivity contribution >= 4 is 11.7 Å². The minimum absolute atomic E-state index is 0.170. The molecule has 124 valence electrons. The number of hydrogen-bond acceptors (Lipinski definition) is 6. The molecule has 3 aromatic rings. The zero-order valence-corrected chi connectivity index (χ0v) is 13.5. The van der Waals surface area contributed by atoms with E-state index >= 15 is 0 Å². The van der Waals surface area contributed by atoms with E-state index < -0.39 is 0 Å². The summed E-state index contributed by atoms with van der Waals surface area (Å²) in [6.07, 6.45) is 4.36. The van der Waals surface area contributed by atoms with Crippen LogP contribution in [-0.2, 0) is 0 Å². The van der Waals surface area contributed by atoms with Crippen LogP contribution in [0, 0.1) is 13.8 Å². The first-order valence-electron chi connectivity index (χ1n) is 7.53. The maximum atomic E-state index is 11.8. The fourth-order valence-corrected chi connectivity index (χ4v) is 2.28. The summed E-state index contributed by atoms with van der Waals surface area (Å²) in [7, 11) is 0. The molecule has 0 fully saturated rings. The van der Waals surface area contributed by atoms with Crippen LogP contribution in [0.1, 0.15) is 21.7 Å². The Morgan fingerprint density at radius 3 is 2.83 bits per heavy atom. The number of carbonyl (C=O) groups excluding carboxylic acids is 1. The first kappa shape index (κ1) is 15.7. The molecule has 1 amide bonds. The minimum Gasteiger partial charge on any atom is -0.472 e. The van der Waals surface area contributed by atoms with Crippen LogP contribution in [0.5, 0.6) is 0 Å². The van der Waals surface area contributed by atoms with Gasteiger partial charge in [0.2, 0.25) is 0 Å². The molecule has 0 bridgehead atoms. The van der Waals surface area contributed by atoms with Gasteiger partial charge in [0.15, 0.2) is 5.82 Å². The van der Waals surface area contributed by atoms with Crippen molar-refractivity contribution in [1.29, 1.82) is 0 Å². The van der Waals surface area contributed by atoms with Crippen LogP contribution in [0.25, 0.3) is 5.82 Å². The number of rotatable bonds is 6. The average Bonchev–Trinajstić information content (AvgIpc) is 3.21. The van der Waals surface area contributed by atoms with Crippen molar-refractivity contribution in [2.24, 2.45) is 0 Å². The zero-order valence-electron chi connectivity index (χ0n) is 13.5. The second-order valence-electron chi connectivity index (χ2n) is 5.30. The van der Waals surface area contributed by atoms with Crippen molar-refractivity contribution < 1.29 is 9.21 Å². The number of anilines is 1. The van der Waals surface area contributed by atoms with Gasteiger partial charge >= 0.3 is 0 Å². The predicted molar refractivity (Wildman–Crippen MR) is 88.2 cm³/mol. The van der Waals surface area contributed by atoms with Gasteiger partial charge in [-0.05, 0) is 26.0 Å². The Hall–Kier alpha value is -3.16. The summed E-state index contributed by atoms with van der Waals surface area (Å²) in [5, 5.41) is 10.3. The summed E-state index contributed by atoms with van der Waals surface area (Å²) < 4.78 is 6.64. The molecule has 24 heavy (non-hydrogen) atoms. The Labute approximate surface area is 138 Å². The number of nitrogens with one attached hydrogen (secondary N) is 2. The van der Waals surface area contributed by atoms with Crippen LogP contribution in [0.2, 0.25) is 0 Å². The molecule has 8 heteroatoms. The molecule has 8 nitrogen and oxygen atoms in total. The number of aromatic nitrogens is 4. The van der Waals surface area contributed by atoms with Gasteiger partial charge in [-0.1, -0.05) is 0 Å². The van der Waals surface area contributed by atoms with Crippen molar-refractivity contribution in [2.45, 2.75) is 13.8 Å². The van der Waals surface area contributed by atoms with Gasteiger partial charge in [-0.2, -0.15) is 5.10 Å². The van der Waals surface area contributed by atoms with Crippen molar-refractivity contribution in [3.05, 3.63) is 54.0 Å². The number of nitrogens with zero attached hydrogens (tertiary/aromatic N) is 4. The molecule has 0 saturated carbocycles. The molecule has 0 aliphatic carbocycles. The molecular weight excluding hydrogens is 308 g/mol. The van der Waals surface area contributed by atoms with Crippen LogP contribution in [-0.4, -0.2) is 38.7 Å². The highest BCUT2D eigenvalue weighted by molar-refractivity contribution is 5.93. The maximum absolute atomic E-state index is 11.8. The molecule has 3 rings (SSSR count). The van der Waals surface area contributed by atoms with E-state index in [2.05, 4.69) is 25.7 Å². The lowest BCUT2D eigenvalue weighted by Crippen LogP contribution is -2.28. The van der Waals surface area contributed by atoms with E-state index in [4.69, 9.17) is 4.42 Å². The normalized spacial score (nSPS) is 10.6. The highest BCUT2D eigenvalue weighted by Gasteiger charge is 2.07. The third kappa shape index (κ3) is 3.60. The van der Waals surface area contributed by atoms with E-state index in [0.29, 0.717) is 30.3 Å². The Balaban J connectivity index is 1.55. The monoisotopic (exact) mass is 326 g/mol. The molecule has 0 unspecified atom stereocenters. The second-order valence-corrected chi connectivity index (χ2v) is 5.30. The molecule has 0 aliphatic rings. The maximum Gasteiger partial charge on any atom is 0.254 e. The molecule has 3 aromatic heterocycles. The number of amides is 1. The van der Waals surface area contributed by atoms with Crippen molar-refractivity contribution in [1.82, 2.24) is 25.1 Å². The van der Waals surface area contributed by atoms with Gasteiger partial charge in [0.25, 0.3) is 5.91 Å². The largest absolute Gasteiger partial charge is 0.472 e. The fraction of sp³-hybridized carbons (Fsp3) is 0.250. The molecule has 0 radical (unpaired) electrons. The van der Waals surface area contributed by atoms with E-state index in [1.807, 2.05) is 26.0 Å². The van der Waals surface area contributed by atoms with Crippen LogP contribution in [0.4, 0.5) is 5.82 Å². The standard InChI is InChI=1S/C16H18N6O2/c1-11-7-12(2)22(21-11)15-8-14(19-10-20-15)17-4-5-18-16(23)13-3-6-24-9-13/h3,6-10H,4-5H2,1-2H3,(H,18,23)(H,17,19,20). The molecule has 0 aliphatic heterocycles. The first-order chi connectivity index (χ1) is 11.6. The Kier molecular flexibility index (Phi) is 4.55. The van der Waals surface area contributed by atoms with E-state index in [9.17, 15) is 4.79 Å². The van der Waals surface area contributed by atoms with E-state index in [1.54, 1.807) is 10.7 Å². The SMILES string of the molecule is Cc1cc(C)n(-c2cc(NCCNC(=O)c3ccoc3)ncn2)n1. The molecule has 0 saturated heterocycles. The van der Waals surface area contributed by atoms with Crippen molar-refractivity contribution in [3.8, 4) is 5.82 Å². The third-order valence-corrected chi connectivity index (χ3v) is 3.38. The topological polar surface area (TPSA) is 97.9 Å². The Bertz CT molecular complexity index is 825. The van der Waals surface area contributed by atoms with Gasteiger partial charge < -0.3 is 15.1 Å². The van der Waals surface area contributed by atoms with Crippen molar-refractivity contribution in [2.75, 3.05) is 18.4 Å².